The van der Waals surface area contributed by atoms with Gasteiger partial charge in [-0.2, -0.15) is 0 Å². The average Bonchev–Trinajstić information content (AvgIpc) is 3.51. The molecule has 142 valence electrons. The third-order valence-corrected chi connectivity index (χ3v) is 5.04. The van der Waals surface area contributed by atoms with Crippen LogP contribution < -0.4 is 0 Å². The molecule has 2 aromatic carbocycles. The lowest BCUT2D eigenvalue weighted by atomic mass is 9.90. The fourth-order valence-electron chi connectivity index (χ4n) is 3.63. The number of hydrogen-bond acceptors (Lipinski definition) is 3. The molecule has 28 heavy (non-hydrogen) atoms. The molecule has 2 N–H and O–H groups in total. The van der Waals surface area contributed by atoms with Crippen LogP contribution in [0.15, 0.2) is 60.4 Å². The summed E-state index contributed by atoms with van der Waals surface area (Å²) >= 11 is 0. The van der Waals surface area contributed by atoms with E-state index in [2.05, 4.69) is 0 Å². The van der Waals surface area contributed by atoms with Gasteiger partial charge in [0.2, 0.25) is 0 Å². The fraction of sp³-hybridized carbons (Fsp3) is 0.217. The number of hydrogen-bond donors (Lipinski definition) is 2. The molecule has 0 saturated heterocycles. The number of benzene rings is 2. The lowest BCUT2D eigenvalue weighted by Gasteiger charge is -2.18. The normalized spacial score (nSPS) is 14.4. The lowest BCUT2D eigenvalue weighted by molar-refractivity contribution is -0.131. The maximum atomic E-state index is 13.5. The first-order valence-corrected chi connectivity index (χ1v) is 9.33. The van der Waals surface area contributed by atoms with Crippen LogP contribution in [0.25, 0.3) is 22.0 Å². The predicted molar refractivity (Wildman–Crippen MR) is 106 cm³/mol. The number of aliphatic carboxylic acids is 1. The minimum atomic E-state index is -1.17. The summed E-state index contributed by atoms with van der Waals surface area (Å²) in [5.41, 5.74) is 4.76. The summed E-state index contributed by atoms with van der Waals surface area (Å²) in [7, 11) is 0. The van der Waals surface area contributed by atoms with Crippen LogP contribution in [0, 0.1) is 5.82 Å². The molecule has 0 radical (unpaired) electrons. The molecule has 0 spiro atoms. The van der Waals surface area contributed by atoms with Gasteiger partial charge in [-0.3, -0.25) is 4.98 Å². The Morgan fingerprint density at radius 3 is 2.50 bits per heavy atom. The zero-order valence-corrected chi connectivity index (χ0v) is 15.2. The molecule has 5 heteroatoms. The molecule has 1 aliphatic rings. The highest BCUT2D eigenvalue weighted by Crippen LogP contribution is 2.45. The van der Waals surface area contributed by atoms with E-state index < -0.39 is 5.97 Å². The zero-order valence-electron chi connectivity index (χ0n) is 15.2. The average molecular weight is 377 g/mol. The third-order valence-electron chi connectivity index (χ3n) is 5.04. The Bertz CT molecular complexity index is 1070. The van der Waals surface area contributed by atoms with Gasteiger partial charge in [-0.05, 0) is 54.2 Å². The Balaban J connectivity index is 1.89. The van der Waals surface area contributed by atoms with Crippen LogP contribution in [0.3, 0.4) is 0 Å². The Morgan fingerprint density at radius 2 is 1.82 bits per heavy atom. The number of halogens is 1. The van der Waals surface area contributed by atoms with E-state index in [-0.39, 0.29) is 18.0 Å². The SMILES string of the molecule is O=C(O)/C=C(/O)CCc1c(C2CC2)nc2ccccc2c1-c1ccc(F)cc1. The molecular weight excluding hydrogens is 357 g/mol. The molecule has 3 aromatic rings. The molecule has 0 bridgehead atoms. The second kappa shape index (κ2) is 7.43. The van der Waals surface area contributed by atoms with Gasteiger partial charge in [0.15, 0.2) is 0 Å². The van der Waals surface area contributed by atoms with Crippen LogP contribution in [0.1, 0.15) is 36.4 Å². The molecule has 1 aliphatic carbocycles. The van der Waals surface area contributed by atoms with Crippen molar-refractivity contribution in [3.05, 3.63) is 77.4 Å². The molecule has 1 fully saturated rings. The topological polar surface area (TPSA) is 70.4 Å². The van der Waals surface area contributed by atoms with E-state index in [9.17, 15) is 14.3 Å². The quantitative estimate of drug-likeness (QED) is 0.447. The molecule has 1 saturated carbocycles. The molecule has 1 aromatic heterocycles. The number of aliphatic hydroxyl groups excluding tert-OH is 1. The number of pyridine rings is 1. The summed E-state index contributed by atoms with van der Waals surface area (Å²) in [5.74, 6) is -1.26. The first-order chi connectivity index (χ1) is 13.5. The fourth-order valence-corrected chi connectivity index (χ4v) is 3.63. The smallest absolute Gasteiger partial charge is 0.331 e. The highest BCUT2D eigenvalue weighted by atomic mass is 19.1. The Hall–Kier alpha value is -3.21. The van der Waals surface area contributed by atoms with Crippen LogP contribution in [0.2, 0.25) is 0 Å². The lowest BCUT2D eigenvalue weighted by Crippen LogP contribution is -2.03. The van der Waals surface area contributed by atoms with E-state index >= 15 is 0 Å². The first kappa shape index (κ1) is 18.2. The highest BCUT2D eigenvalue weighted by molar-refractivity contribution is 5.96. The summed E-state index contributed by atoms with van der Waals surface area (Å²) in [4.78, 5) is 15.7. The summed E-state index contributed by atoms with van der Waals surface area (Å²) in [6, 6.07) is 14.2. The number of fused-ring (bicyclic) bond motifs is 1. The van der Waals surface area contributed by atoms with Crippen LogP contribution >= 0.6 is 0 Å². The number of allylic oxidation sites excluding steroid dienone is 1. The van der Waals surface area contributed by atoms with Gasteiger partial charge in [-0.1, -0.05) is 30.3 Å². The Kier molecular flexibility index (Phi) is 4.82. The van der Waals surface area contributed by atoms with Gasteiger partial charge in [0.25, 0.3) is 0 Å². The van der Waals surface area contributed by atoms with Crippen molar-refractivity contribution in [1.82, 2.24) is 4.98 Å². The number of nitrogens with zero attached hydrogens (tertiary/aromatic N) is 1. The van der Waals surface area contributed by atoms with Gasteiger partial charge < -0.3 is 10.2 Å². The Labute approximate surface area is 162 Å². The van der Waals surface area contributed by atoms with Crippen molar-refractivity contribution in [2.45, 2.75) is 31.6 Å². The van der Waals surface area contributed by atoms with E-state index in [1.54, 1.807) is 12.1 Å². The number of carboxylic acid groups (broad SMARTS) is 1. The number of rotatable bonds is 6. The van der Waals surface area contributed by atoms with Crippen molar-refractivity contribution < 1.29 is 19.4 Å². The highest BCUT2D eigenvalue weighted by Gasteiger charge is 2.30. The van der Waals surface area contributed by atoms with E-state index in [4.69, 9.17) is 10.1 Å². The monoisotopic (exact) mass is 377 g/mol. The van der Waals surface area contributed by atoms with Gasteiger partial charge in [-0.15, -0.1) is 0 Å². The maximum absolute atomic E-state index is 13.5. The standard InChI is InChI=1S/C23H20FNO3/c24-16-9-7-14(8-10-16)22-18-3-1-2-4-20(18)25-23(15-5-6-15)19(22)12-11-17(26)13-21(27)28/h1-4,7-10,13,15,26H,5-6,11-12H2,(H,27,28)/b17-13+. The zero-order chi connectivity index (χ0) is 19.7. The van der Waals surface area contributed by atoms with Crippen molar-refractivity contribution in [1.29, 1.82) is 0 Å². The van der Waals surface area contributed by atoms with E-state index in [0.29, 0.717) is 12.3 Å². The van der Waals surface area contributed by atoms with Crippen molar-refractivity contribution in [2.24, 2.45) is 0 Å². The number of aromatic nitrogens is 1. The molecule has 0 atom stereocenters. The maximum Gasteiger partial charge on any atom is 0.331 e. The molecular formula is C23H20FNO3. The number of para-hydroxylation sites is 1. The summed E-state index contributed by atoms with van der Waals surface area (Å²) in [6.07, 6.45) is 3.63. The number of carboxylic acids is 1. The van der Waals surface area contributed by atoms with Crippen LogP contribution in [0.5, 0.6) is 0 Å². The van der Waals surface area contributed by atoms with E-state index in [1.165, 1.54) is 12.1 Å². The number of carbonyl (C=O) groups is 1. The summed E-state index contributed by atoms with van der Waals surface area (Å²) < 4.78 is 13.5. The molecule has 4 rings (SSSR count). The largest absolute Gasteiger partial charge is 0.512 e. The Morgan fingerprint density at radius 1 is 1.11 bits per heavy atom. The summed E-state index contributed by atoms with van der Waals surface area (Å²) in [5, 5.41) is 19.8. The van der Waals surface area contributed by atoms with Gasteiger partial charge in [0.1, 0.15) is 5.82 Å². The van der Waals surface area contributed by atoms with E-state index in [0.717, 1.165) is 52.2 Å². The second-order valence-corrected chi connectivity index (χ2v) is 7.12. The predicted octanol–water partition coefficient (Wildman–Crippen LogP) is 5.38. The van der Waals surface area contributed by atoms with Crippen molar-refractivity contribution in [3.63, 3.8) is 0 Å². The first-order valence-electron chi connectivity index (χ1n) is 9.33. The van der Waals surface area contributed by atoms with Gasteiger partial charge in [-0.25, -0.2) is 9.18 Å². The molecule has 1 heterocycles. The minimum absolute atomic E-state index is 0.174. The molecule has 0 aliphatic heterocycles. The van der Waals surface area contributed by atoms with Gasteiger partial charge in [0, 0.05) is 23.4 Å². The van der Waals surface area contributed by atoms with Crippen LogP contribution in [0.4, 0.5) is 4.39 Å². The molecule has 0 amide bonds. The number of aliphatic hydroxyl groups is 1. The second-order valence-electron chi connectivity index (χ2n) is 7.12. The van der Waals surface area contributed by atoms with Crippen molar-refractivity contribution in [3.8, 4) is 11.1 Å². The van der Waals surface area contributed by atoms with Crippen molar-refractivity contribution in [2.75, 3.05) is 0 Å². The van der Waals surface area contributed by atoms with Crippen LogP contribution in [-0.2, 0) is 11.2 Å². The summed E-state index contributed by atoms with van der Waals surface area (Å²) in [6.45, 7) is 0. The third kappa shape index (κ3) is 3.74. The van der Waals surface area contributed by atoms with E-state index in [1.807, 2.05) is 24.3 Å². The minimum Gasteiger partial charge on any atom is -0.512 e. The van der Waals surface area contributed by atoms with Crippen molar-refractivity contribution >= 4 is 16.9 Å². The van der Waals surface area contributed by atoms with Crippen LogP contribution in [-0.4, -0.2) is 21.2 Å². The van der Waals surface area contributed by atoms with Gasteiger partial charge >= 0.3 is 5.97 Å². The molecule has 4 nitrogen and oxygen atoms in total. The molecule has 0 unspecified atom stereocenters. The van der Waals surface area contributed by atoms with Gasteiger partial charge in [0.05, 0.1) is 17.4 Å².